The highest BCUT2D eigenvalue weighted by atomic mass is 32.2. The molecule has 1 aromatic heterocycles. The quantitative estimate of drug-likeness (QED) is 0.336. The van der Waals surface area contributed by atoms with E-state index < -0.39 is 4.92 Å². The van der Waals surface area contributed by atoms with Crippen LogP contribution in [0.5, 0.6) is 0 Å². The second kappa shape index (κ2) is 8.66. The van der Waals surface area contributed by atoms with Crippen molar-refractivity contribution in [1.82, 2.24) is 20.1 Å². The largest absolute Gasteiger partial charge is 0.349 e. The Kier molecular flexibility index (Phi) is 5.80. The van der Waals surface area contributed by atoms with Crippen LogP contribution in [0.4, 0.5) is 5.69 Å². The summed E-state index contributed by atoms with van der Waals surface area (Å²) in [4.78, 5) is 22.6. The molecule has 1 aliphatic carbocycles. The van der Waals surface area contributed by atoms with Crippen molar-refractivity contribution in [2.24, 2.45) is 5.92 Å². The minimum absolute atomic E-state index is 0.0179. The van der Waals surface area contributed by atoms with Crippen LogP contribution in [0.3, 0.4) is 0 Å². The number of nitro groups is 1. The molecule has 2 aromatic carbocycles. The first-order valence-corrected chi connectivity index (χ1v) is 10.6. The fourth-order valence-electron chi connectivity index (χ4n) is 3.10. The summed E-state index contributed by atoms with van der Waals surface area (Å²) in [6.07, 6.45) is 1.86. The highest BCUT2D eigenvalue weighted by Crippen LogP contribution is 2.29. The normalized spacial score (nSPS) is 13.2. The van der Waals surface area contributed by atoms with Crippen molar-refractivity contribution in [1.29, 1.82) is 0 Å². The Morgan fingerprint density at radius 3 is 2.67 bits per heavy atom. The van der Waals surface area contributed by atoms with Gasteiger partial charge in [-0.3, -0.25) is 19.5 Å². The summed E-state index contributed by atoms with van der Waals surface area (Å²) in [5.41, 5.74) is 3.09. The number of benzene rings is 2. The molecule has 1 N–H and O–H groups in total. The topological polar surface area (TPSA) is 103 Å². The highest BCUT2D eigenvalue weighted by Gasteiger charge is 2.29. The van der Waals surface area contributed by atoms with Gasteiger partial charge >= 0.3 is 0 Å². The van der Waals surface area contributed by atoms with Gasteiger partial charge in [-0.15, -0.1) is 10.2 Å². The highest BCUT2D eigenvalue weighted by molar-refractivity contribution is 7.98. The molecule has 0 saturated heterocycles. The third-order valence-corrected chi connectivity index (χ3v) is 5.84. The SMILES string of the molecule is Cc1cccc(CSc2nnc(CNC(=O)C3CC3)n2-c2ccc([N+](=O)[O-])cc2)c1. The molecule has 4 rings (SSSR count). The van der Waals surface area contributed by atoms with Crippen LogP contribution in [0.15, 0.2) is 53.7 Å². The summed E-state index contributed by atoms with van der Waals surface area (Å²) < 4.78 is 1.84. The van der Waals surface area contributed by atoms with E-state index in [2.05, 4.69) is 27.6 Å². The Hall–Kier alpha value is -3.20. The first kappa shape index (κ1) is 20.1. The van der Waals surface area contributed by atoms with E-state index in [-0.39, 0.29) is 24.1 Å². The minimum atomic E-state index is -0.430. The van der Waals surface area contributed by atoms with Crippen LogP contribution >= 0.6 is 11.8 Å². The lowest BCUT2D eigenvalue weighted by molar-refractivity contribution is -0.384. The fraction of sp³-hybridized carbons (Fsp3) is 0.286. The molecule has 0 unspecified atom stereocenters. The van der Waals surface area contributed by atoms with E-state index in [0.29, 0.717) is 22.4 Å². The van der Waals surface area contributed by atoms with Crippen molar-refractivity contribution in [3.05, 3.63) is 75.6 Å². The van der Waals surface area contributed by atoms with Crippen molar-refractivity contribution in [2.45, 2.75) is 37.2 Å². The van der Waals surface area contributed by atoms with E-state index in [0.717, 1.165) is 12.8 Å². The first-order chi connectivity index (χ1) is 14.5. The number of thioether (sulfide) groups is 1. The lowest BCUT2D eigenvalue weighted by Crippen LogP contribution is -2.25. The standard InChI is InChI=1S/C21H21N5O3S/c1-14-3-2-4-15(11-14)13-30-21-24-23-19(12-22-20(27)16-5-6-16)25(21)17-7-9-18(10-8-17)26(28)29/h2-4,7-11,16H,5-6,12-13H2,1H3,(H,22,27). The van der Waals surface area contributed by atoms with Crippen LogP contribution in [-0.4, -0.2) is 25.6 Å². The summed E-state index contributed by atoms with van der Waals surface area (Å²) in [7, 11) is 0. The molecule has 154 valence electrons. The third kappa shape index (κ3) is 4.68. The molecule has 1 heterocycles. The Morgan fingerprint density at radius 2 is 2.00 bits per heavy atom. The number of hydrogen-bond acceptors (Lipinski definition) is 6. The lowest BCUT2D eigenvalue weighted by atomic mass is 10.2. The van der Waals surface area contributed by atoms with Crippen molar-refractivity contribution in [3.63, 3.8) is 0 Å². The van der Waals surface area contributed by atoms with Crippen LogP contribution < -0.4 is 5.32 Å². The van der Waals surface area contributed by atoms with Crippen molar-refractivity contribution < 1.29 is 9.72 Å². The predicted molar refractivity (Wildman–Crippen MR) is 113 cm³/mol. The van der Waals surface area contributed by atoms with E-state index in [1.54, 1.807) is 12.1 Å². The average molecular weight is 423 g/mol. The van der Waals surface area contributed by atoms with Crippen molar-refractivity contribution >= 4 is 23.4 Å². The molecule has 0 bridgehead atoms. The number of rotatable bonds is 8. The molecule has 3 aromatic rings. The van der Waals surface area contributed by atoms with Gasteiger partial charge in [0.05, 0.1) is 11.5 Å². The Bertz CT molecular complexity index is 1080. The van der Waals surface area contributed by atoms with Gasteiger partial charge in [-0.2, -0.15) is 0 Å². The summed E-state index contributed by atoms with van der Waals surface area (Å²) >= 11 is 1.53. The summed E-state index contributed by atoms with van der Waals surface area (Å²) in [6.45, 7) is 2.30. The van der Waals surface area contributed by atoms with Gasteiger partial charge in [-0.05, 0) is 37.5 Å². The second-order valence-electron chi connectivity index (χ2n) is 7.28. The monoisotopic (exact) mass is 423 g/mol. The number of non-ortho nitro benzene ring substituents is 1. The van der Waals surface area contributed by atoms with Gasteiger partial charge in [-0.1, -0.05) is 41.6 Å². The van der Waals surface area contributed by atoms with Crippen molar-refractivity contribution in [3.8, 4) is 5.69 Å². The lowest BCUT2D eigenvalue weighted by Gasteiger charge is -2.11. The van der Waals surface area contributed by atoms with Gasteiger partial charge in [0.15, 0.2) is 11.0 Å². The summed E-state index contributed by atoms with van der Waals surface area (Å²) in [6, 6.07) is 14.5. The Morgan fingerprint density at radius 1 is 1.23 bits per heavy atom. The maximum atomic E-state index is 12.0. The van der Waals surface area contributed by atoms with Crippen LogP contribution in [0, 0.1) is 23.0 Å². The Labute approximate surface area is 177 Å². The number of amides is 1. The molecule has 9 heteroatoms. The van der Waals surface area contributed by atoms with E-state index in [1.165, 1.54) is 35.0 Å². The number of aromatic nitrogens is 3. The van der Waals surface area contributed by atoms with Crippen LogP contribution in [0.25, 0.3) is 5.69 Å². The minimum Gasteiger partial charge on any atom is -0.349 e. The molecule has 0 radical (unpaired) electrons. The second-order valence-corrected chi connectivity index (χ2v) is 8.22. The van der Waals surface area contributed by atoms with Gasteiger partial charge in [0.1, 0.15) is 0 Å². The number of nitrogens with one attached hydrogen (secondary N) is 1. The number of aryl methyl sites for hydroxylation is 1. The number of carbonyl (C=O) groups excluding carboxylic acids is 1. The van der Waals surface area contributed by atoms with E-state index in [9.17, 15) is 14.9 Å². The maximum Gasteiger partial charge on any atom is 0.269 e. The summed E-state index contributed by atoms with van der Waals surface area (Å²) in [5, 5.41) is 23.2. The number of nitrogens with zero attached hydrogens (tertiary/aromatic N) is 4. The van der Waals surface area contributed by atoms with Crippen LogP contribution in [0.1, 0.15) is 29.8 Å². The molecule has 0 atom stereocenters. The molecule has 30 heavy (non-hydrogen) atoms. The van der Waals surface area contributed by atoms with E-state index >= 15 is 0 Å². The van der Waals surface area contributed by atoms with Crippen molar-refractivity contribution in [2.75, 3.05) is 0 Å². The van der Waals surface area contributed by atoms with Gasteiger partial charge in [0.2, 0.25) is 5.91 Å². The fourth-order valence-corrected chi connectivity index (χ4v) is 4.01. The average Bonchev–Trinajstić information content (AvgIpc) is 3.51. The molecule has 1 aliphatic rings. The van der Waals surface area contributed by atoms with E-state index in [4.69, 9.17) is 0 Å². The van der Waals surface area contributed by atoms with Gasteiger partial charge in [0.25, 0.3) is 5.69 Å². The first-order valence-electron chi connectivity index (χ1n) is 9.66. The molecule has 1 saturated carbocycles. The zero-order valence-electron chi connectivity index (χ0n) is 16.4. The number of carbonyl (C=O) groups is 1. The summed E-state index contributed by atoms with van der Waals surface area (Å²) in [5.74, 6) is 1.43. The predicted octanol–water partition coefficient (Wildman–Crippen LogP) is 3.80. The zero-order valence-corrected chi connectivity index (χ0v) is 17.3. The van der Waals surface area contributed by atoms with Gasteiger partial charge in [0, 0.05) is 29.5 Å². The van der Waals surface area contributed by atoms with Gasteiger partial charge in [-0.25, -0.2) is 0 Å². The molecular formula is C21H21N5O3S. The molecule has 0 spiro atoms. The van der Waals surface area contributed by atoms with Crippen LogP contribution in [-0.2, 0) is 17.1 Å². The zero-order chi connectivity index (χ0) is 21.1. The molecule has 1 amide bonds. The molecule has 8 nitrogen and oxygen atoms in total. The Balaban J connectivity index is 1.59. The molecule has 0 aliphatic heterocycles. The maximum absolute atomic E-state index is 12.0. The van der Waals surface area contributed by atoms with Gasteiger partial charge < -0.3 is 5.32 Å². The third-order valence-electron chi connectivity index (χ3n) is 4.84. The number of nitro benzene ring substituents is 1. The number of hydrogen-bond donors (Lipinski definition) is 1. The molecule has 1 fully saturated rings. The smallest absolute Gasteiger partial charge is 0.269 e. The van der Waals surface area contributed by atoms with E-state index in [1.807, 2.05) is 23.6 Å². The van der Waals surface area contributed by atoms with Crippen LogP contribution in [0.2, 0.25) is 0 Å². The molecular weight excluding hydrogens is 402 g/mol.